The van der Waals surface area contributed by atoms with Gasteiger partial charge < -0.3 is 5.32 Å². The SMILES string of the molecule is CC1(c2ccc(CN3CCCCC3)c(F)c2)CCCN1. The van der Waals surface area contributed by atoms with Crippen molar-refractivity contribution in [3.05, 3.63) is 35.1 Å². The van der Waals surface area contributed by atoms with Gasteiger partial charge in [0.25, 0.3) is 0 Å². The first kappa shape index (κ1) is 14.0. The molecule has 1 aromatic carbocycles. The highest BCUT2D eigenvalue weighted by Crippen LogP contribution is 2.31. The Labute approximate surface area is 121 Å². The van der Waals surface area contributed by atoms with Crippen LogP contribution in [-0.2, 0) is 12.1 Å². The smallest absolute Gasteiger partial charge is 0.128 e. The lowest BCUT2D eigenvalue weighted by Crippen LogP contribution is -2.33. The summed E-state index contributed by atoms with van der Waals surface area (Å²) in [6.45, 7) is 6.20. The van der Waals surface area contributed by atoms with E-state index in [1.54, 1.807) is 6.07 Å². The number of likely N-dealkylation sites (tertiary alicyclic amines) is 1. The summed E-state index contributed by atoms with van der Waals surface area (Å²) in [5.74, 6) is -0.0389. The zero-order valence-corrected chi connectivity index (χ0v) is 12.4. The van der Waals surface area contributed by atoms with Crippen molar-refractivity contribution in [2.45, 2.75) is 51.1 Å². The van der Waals surface area contributed by atoms with Gasteiger partial charge in [-0.2, -0.15) is 0 Å². The van der Waals surface area contributed by atoms with Gasteiger partial charge in [0.05, 0.1) is 0 Å². The topological polar surface area (TPSA) is 15.3 Å². The number of nitrogens with zero attached hydrogens (tertiary/aromatic N) is 1. The Morgan fingerprint density at radius 3 is 2.65 bits per heavy atom. The first-order valence-electron chi connectivity index (χ1n) is 7.94. The number of hydrogen-bond acceptors (Lipinski definition) is 2. The lowest BCUT2D eigenvalue weighted by atomic mass is 9.90. The van der Waals surface area contributed by atoms with E-state index in [0.29, 0.717) is 0 Å². The molecule has 0 amide bonds. The van der Waals surface area contributed by atoms with Gasteiger partial charge in [0.15, 0.2) is 0 Å². The summed E-state index contributed by atoms with van der Waals surface area (Å²) in [7, 11) is 0. The molecule has 1 N–H and O–H groups in total. The van der Waals surface area contributed by atoms with E-state index < -0.39 is 0 Å². The molecule has 2 aliphatic rings. The number of piperidine rings is 1. The molecule has 2 aliphatic heterocycles. The molecule has 2 fully saturated rings. The van der Waals surface area contributed by atoms with E-state index in [4.69, 9.17) is 0 Å². The highest BCUT2D eigenvalue weighted by atomic mass is 19.1. The largest absolute Gasteiger partial charge is 0.308 e. The van der Waals surface area contributed by atoms with E-state index in [0.717, 1.165) is 43.7 Å². The van der Waals surface area contributed by atoms with Crippen molar-refractivity contribution in [2.24, 2.45) is 0 Å². The molecule has 1 aromatic rings. The standard InChI is InChI=1S/C17H25FN2/c1-17(8-5-9-19-17)15-7-6-14(16(18)12-15)13-20-10-3-2-4-11-20/h6-7,12,19H,2-5,8-11,13H2,1H3. The molecular formula is C17H25FN2. The van der Waals surface area contributed by atoms with Crippen molar-refractivity contribution >= 4 is 0 Å². The minimum absolute atomic E-state index is 0.0372. The molecule has 0 bridgehead atoms. The molecule has 2 saturated heterocycles. The molecule has 110 valence electrons. The molecular weight excluding hydrogens is 251 g/mol. The van der Waals surface area contributed by atoms with Gasteiger partial charge in [0, 0.05) is 17.6 Å². The highest BCUT2D eigenvalue weighted by molar-refractivity contribution is 5.30. The maximum atomic E-state index is 14.4. The van der Waals surface area contributed by atoms with Crippen LogP contribution in [-0.4, -0.2) is 24.5 Å². The van der Waals surface area contributed by atoms with Crippen molar-refractivity contribution in [1.29, 1.82) is 0 Å². The van der Waals surface area contributed by atoms with Crippen LogP contribution in [0.25, 0.3) is 0 Å². The third-order valence-electron chi connectivity index (χ3n) is 4.90. The predicted octanol–water partition coefficient (Wildman–Crippen LogP) is 3.41. The maximum Gasteiger partial charge on any atom is 0.128 e. The van der Waals surface area contributed by atoms with Crippen LogP contribution in [0.4, 0.5) is 4.39 Å². The van der Waals surface area contributed by atoms with Gasteiger partial charge in [0.1, 0.15) is 5.82 Å². The molecule has 2 heterocycles. The molecule has 0 radical (unpaired) electrons. The molecule has 1 atom stereocenters. The van der Waals surface area contributed by atoms with Gasteiger partial charge in [-0.15, -0.1) is 0 Å². The second kappa shape index (κ2) is 5.82. The number of rotatable bonds is 3. The van der Waals surface area contributed by atoms with Gasteiger partial charge in [-0.05, 0) is 63.9 Å². The zero-order chi connectivity index (χ0) is 14.0. The number of benzene rings is 1. The van der Waals surface area contributed by atoms with E-state index in [1.807, 2.05) is 6.07 Å². The number of halogens is 1. The molecule has 2 nitrogen and oxygen atoms in total. The van der Waals surface area contributed by atoms with Gasteiger partial charge in [-0.25, -0.2) is 4.39 Å². The van der Waals surface area contributed by atoms with Crippen LogP contribution in [0, 0.1) is 5.82 Å². The number of nitrogens with one attached hydrogen (secondary N) is 1. The van der Waals surface area contributed by atoms with Crippen LogP contribution in [0.2, 0.25) is 0 Å². The molecule has 3 rings (SSSR count). The Morgan fingerprint density at radius 1 is 1.20 bits per heavy atom. The van der Waals surface area contributed by atoms with Crippen LogP contribution >= 0.6 is 0 Å². The summed E-state index contributed by atoms with van der Waals surface area (Å²) in [6, 6.07) is 5.85. The van der Waals surface area contributed by atoms with Crippen molar-refractivity contribution in [1.82, 2.24) is 10.2 Å². The Morgan fingerprint density at radius 2 is 2.00 bits per heavy atom. The summed E-state index contributed by atoms with van der Waals surface area (Å²) in [5.41, 5.74) is 1.90. The summed E-state index contributed by atoms with van der Waals surface area (Å²) in [4.78, 5) is 2.37. The van der Waals surface area contributed by atoms with Crippen LogP contribution in [0.1, 0.15) is 50.2 Å². The zero-order valence-electron chi connectivity index (χ0n) is 12.4. The normalized spacial score (nSPS) is 27.9. The fourth-order valence-electron chi connectivity index (χ4n) is 3.52. The van der Waals surface area contributed by atoms with Crippen LogP contribution in [0.3, 0.4) is 0 Å². The second-order valence-electron chi connectivity index (χ2n) is 6.51. The number of hydrogen-bond donors (Lipinski definition) is 1. The quantitative estimate of drug-likeness (QED) is 0.910. The fourth-order valence-corrected chi connectivity index (χ4v) is 3.52. The Bertz CT molecular complexity index is 460. The van der Waals surface area contributed by atoms with E-state index >= 15 is 0 Å². The molecule has 3 heteroatoms. The molecule has 0 spiro atoms. The highest BCUT2D eigenvalue weighted by Gasteiger charge is 2.30. The minimum atomic E-state index is -0.0389. The van der Waals surface area contributed by atoms with E-state index in [9.17, 15) is 4.39 Å². The Kier molecular flexibility index (Phi) is 4.08. The van der Waals surface area contributed by atoms with Crippen LogP contribution < -0.4 is 5.32 Å². The summed E-state index contributed by atoms with van der Waals surface area (Å²) < 4.78 is 14.4. The minimum Gasteiger partial charge on any atom is -0.308 e. The van der Waals surface area contributed by atoms with E-state index in [2.05, 4.69) is 23.2 Å². The van der Waals surface area contributed by atoms with Crippen molar-refractivity contribution in [3.8, 4) is 0 Å². The molecule has 0 saturated carbocycles. The summed E-state index contributed by atoms with van der Waals surface area (Å²) in [5, 5.41) is 3.50. The maximum absolute atomic E-state index is 14.4. The monoisotopic (exact) mass is 276 g/mol. The third-order valence-corrected chi connectivity index (χ3v) is 4.90. The van der Waals surface area contributed by atoms with Crippen molar-refractivity contribution in [3.63, 3.8) is 0 Å². The van der Waals surface area contributed by atoms with Gasteiger partial charge in [0.2, 0.25) is 0 Å². The average molecular weight is 276 g/mol. The second-order valence-corrected chi connectivity index (χ2v) is 6.51. The molecule has 20 heavy (non-hydrogen) atoms. The summed E-state index contributed by atoms with van der Waals surface area (Å²) >= 11 is 0. The van der Waals surface area contributed by atoms with E-state index in [1.165, 1.54) is 25.7 Å². The predicted molar refractivity (Wildman–Crippen MR) is 80.1 cm³/mol. The van der Waals surface area contributed by atoms with Gasteiger partial charge >= 0.3 is 0 Å². The first-order chi connectivity index (χ1) is 9.67. The van der Waals surface area contributed by atoms with E-state index in [-0.39, 0.29) is 11.4 Å². The molecule has 0 aliphatic carbocycles. The molecule has 0 aromatic heterocycles. The average Bonchev–Trinajstić information content (AvgIpc) is 2.90. The lowest BCUT2D eigenvalue weighted by Gasteiger charge is -2.28. The van der Waals surface area contributed by atoms with Crippen molar-refractivity contribution in [2.75, 3.05) is 19.6 Å². The Hall–Kier alpha value is -0.930. The van der Waals surface area contributed by atoms with Gasteiger partial charge in [-0.3, -0.25) is 4.90 Å². The third kappa shape index (κ3) is 2.89. The lowest BCUT2D eigenvalue weighted by molar-refractivity contribution is 0.218. The summed E-state index contributed by atoms with van der Waals surface area (Å²) in [6.07, 6.45) is 6.09. The van der Waals surface area contributed by atoms with Crippen molar-refractivity contribution < 1.29 is 4.39 Å². The first-order valence-corrected chi connectivity index (χ1v) is 7.94. The Balaban J connectivity index is 1.73. The molecule has 1 unspecified atom stereocenters. The van der Waals surface area contributed by atoms with Gasteiger partial charge in [-0.1, -0.05) is 18.6 Å². The fraction of sp³-hybridized carbons (Fsp3) is 0.647. The van der Waals surface area contributed by atoms with Crippen LogP contribution in [0.5, 0.6) is 0 Å². The van der Waals surface area contributed by atoms with Crippen LogP contribution in [0.15, 0.2) is 18.2 Å².